The van der Waals surface area contributed by atoms with Crippen LogP contribution in [0.3, 0.4) is 0 Å². The van der Waals surface area contributed by atoms with Gasteiger partial charge in [0.1, 0.15) is 5.75 Å². The number of anilines is 1. The van der Waals surface area contributed by atoms with E-state index in [2.05, 4.69) is 5.32 Å². The molecular weight excluding hydrogens is 350 g/mol. The third kappa shape index (κ3) is 6.99. The standard InChI is InChI=1S/C20H23NO6/c1-2-26-18(19(22)23)13-15-5-9-17(10-6-15)27-12-11-14-3-7-16(8-4-14)21-20(24)25/h3-10,18,21H,2,11-13H2,1H3,(H,22,23)(H,24,25)/t18-/m0/s1. The Kier molecular flexibility index (Phi) is 7.63. The quantitative estimate of drug-likeness (QED) is 0.589. The number of hydrogen-bond acceptors (Lipinski definition) is 4. The second-order valence-electron chi connectivity index (χ2n) is 5.86. The molecule has 0 saturated carbocycles. The maximum absolute atomic E-state index is 11.1. The Morgan fingerprint density at radius 1 is 1.00 bits per heavy atom. The van der Waals surface area contributed by atoms with Crippen molar-refractivity contribution in [2.45, 2.75) is 25.9 Å². The van der Waals surface area contributed by atoms with E-state index in [1.165, 1.54) is 0 Å². The van der Waals surface area contributed by atoms with Crippen molar-refractivity contribution in [3.8, 4) is 5.75 Å². The number of carboxylic acid groups (broad SMARTS) is 2. The summed E-state index contributed by atoms with van der Waals surface area (Å²) in [6.07, 6.45) is -0.952. The van der Waals surface area contributed by atoms with Gasteiger partial charge in [-0.05, 0) is 42.3 Å². The second-order valence-corrected chi connectivity index (χ2v) is 5.86. The number of carbonyl (C=O) groups is 2. The molecule has 7 nitrogen and oxygen atoms in total. The number of carboxylic acids is 1. The number of rotatable bonds is 10. The van der Waals surface area contributed by atoms with Crippen molar-refractivity contribution in [3.05, 3.63) is 59.7 Å². The van der Waals surface area contributed by atoms with Crippen molar-refractivity contribution in [3.63, 3.8) is 0 Å². The second kappa shape index (κ2) is 10.2. The summed E-state index contributed by atoms with van der Waals surface area (Å²) in [6, 6.07) is 14.4. The first-order valence-electron chi connectivity index (χ1n) is 8.63. The molecule has 0 radical (unpaired) electrons. The number of hydrogen-bond donors (Lipinski definition) is 3. The average Bonchev–Trinajstić information content (AvgIpc) is 2.63. The van der Waals surface area contributed by atoms with Gasteiger partial charge < -0.3 is 19.7 Å². The Morgan fingerprint density at radius 2 is 1.63 bits per heavy atom. The van der Waals surface area contributed by atoms with Gasteiger partial charge in [-0.15, -0.1) is 0 Å². The lowest BCUT2D eigenvalue weighted by molar-refractivity contribution is -0.149. The fraction of sp³-hybridized carbons (Fsp3) is 0.300. The monoisotopic (exact) mass is 373 g/mol. The Hall–Kier alpha value is -3.06. The first-order valence-corrected chi connectivity index (χ1v) is 8.63. The van der Waals surface area contributed by atoms with Gasteiger partial charge in [-0.3, -0.25) is 5.32 Å². The van der Waals surface area contributed by atoms with Crippen LogP contribution in [0.25, 0.3) is 0 Å². The lowest BCUT2D eigenvalue weighted by Gasteiger charge is -2.13. The van der Waals surface area contributed by atoms with E-state index >= 15 is 0 Å². The highest BCUT2D eigenvalue weighted by Gasteiger charge is 2.17. The zero-order valence-electron chi connectivity index (χ0n) is 15.1. The Morgan fingerprint density at radius 3 is 2.19 bits per heavy atom. The Labute approximate surface area is 157 Å². The minimum absolute atomic E-state index is 0.306. The van der Waals surface area contributed by atoms with Crippen molar-refractivity contribution >= 4 is 17.7 Å². The van der Waals surface area contributed by atoms with Crippen LogP contribution in [-0.2, 0) is 22.4 Å². The Bertz CT molecular complexity index is 742. The molecule has 0 aliphatic rings. The van der Waals surface area contributed by atoms with Crippen LogP contribution in [0.2, 0.25) is 0 Å². The summed E-state index contributed by atoms with van der Waals surface area (Å²) in [4.78, 5) is 21.7. The molecule has 3 N–H and O–H groups in total. The van der Waals surface area contributed by atoms with Crippen LogP contribution >= 0.6 is 0 Å². The summed E-state index contributed by atoms with van der Waals surface area (Å²) in [7, 11) is 0. The number of nitrogens with one attached hydrogen (secondary N) is 1. The van der Waals surface area contributed by atoms with E-state index < -0.39 is 18.2 Å². The normalized spacial score (nSPS) is 11.6. The van der Waals surface area contributed by atoms with Gasteiger partial charge in [0.05, 0.1) is 6.61 Å². The Balaban J connectivity index is 1.81. The molecule has 1 amide bonds. The molecule has 0 heterocycles. The van der Waals surface area contributed by atoms with Crippen LogP contribution in [0.15, 0.2) is 48.5 Å². The van der Waals surface area contributed by atoms with Gasteiger partial charge >= 0.3 is 12.1 Å². The van der Waals surface area contributed by atoms with Crippen molar-refractivity contribution in [2.24, 2.45) is 0 Å². The van der Waals surface area contributed by atoms with Crippen molar-refractivity contribution in [1.82, 2.24) is 0 Å². The van der Waals surface area contributed by atoms with E-state index in [-0.39, 0.29) is 0 Å². The summed E-state index contributed by atoms with van der Waals surface area (Å²) in [5, 5.41) is 20.1. The molecule has 27 heavy (non-hydrogen) atoms. The topological polar surface area (TPSA) is 105 Å². The van der Waals surface area contributed by atoms with E-state index in [1.807, 2.05) is 24.3 Å². The molecule has 0 saturated heterocycles. The third-order valence-corrected chi connectivity index (χ3v) is 3.85. The highest BCUT2D eigenvalue weighted by atomic mass is 16.5. The van der Waals surface area contributed by atoms with Crippen LogP contribution in [0, 0.1) is 0 Å². The number of amides is 1. The third-order valence-electron chi connectivity index (χ3n) is 3.85. The molecule has 0 aliphatic heterocycles. The zero-order chi connectivity index (χ0) is 19.6. The number of ether oxygens (including phenoxy) is 2. The molecule has 0 fully saturated rings. The largest absolute Gasteiger partial charge is 0.493 e. The maximum Gasteiger partial charge on any atom is 0.409 e. The van der Waals surface area contributed by atoms with E-state index in [0.29, 0.717) is 37.5 Å². The molecule has 0 aromatic heterocycles. The summed E-state index contributed by atoms with van der Waals surface area (Å²) >= 11 is 0. The van der Waals surface area contributed by atoms with Crippen molar-refractivity contribution < 1.29 is 29.3 Å². The fourth-order valence-electron chi connectivity index (χ4n) is 2.52. The van der Waals surface area contributed by atoms with Crippen molar-refractivity contribution in [2.75, 3.05) is 18.5 Å². The van der Waals surface area contributed by atoms with Crippen LogP contribution in [0.4, 0.5) is 10.5 Å². The minimum Gasteiger partial charge on any atom is -0.493 e. The smallest absolute Gasteiger partial charge is 0.409 e. The predicted octanol–water partition coefficient (Wildman–Crippen LogP) is 3.43. The van der Waals surface area contributed by atoms with Gasteiger partial charge in [-0.1, -0.05) is 24.3 Å². The number of aliphatic carboxylic acids is 1. The molecular formula is C20H23NO6. The molecule has 144 valence electrons. The molecule has 2 aromatic rings. The molecule has 2 aromatic carbocycles. The van der Waals surface area contributed by atoms with Gasteiger partial charge in [-0.2, -0.15) is 0 Å². The molecule has 0 spiro atoms. The van der Waals surface area contributed by atoms with Gasteiger partial charge in [0.15, 0.2) is 6.10 Å². The SMILES string of the molecule is CCO[C@@H](Cc1ccc(OCCc2ccc(NC(=O)O)cc2)cc1)C(=O)O. The zero-order valence-corrected chi connectivity index (χ0v) is 15.1. The highest BCUT2D eigenvalue weighted by Crippen LogP contribution is 2.16. The van der Waals surface area contributed by atoms with Crippen molar-refractivity contribution in [1.29, 1.82) is 0 Å². The molecule has 0 aliphatic carbocycles. The fourth-order valence-corrected chi connectivity index (χ4v) is 2.52. The van der Waals surface area contributed by atoms with Gasteiger partial charge in [0.2, 0.25) is 0 Å². The summed E-state index contributed by atoms with van der Waals surface area (Å²) < 4.78 is 10.9. The van der Waals surface area contributed by atoms with E-state index in [1.54, 1.807) is 31.2 Å². The van der Waals surface area contributed by atoms with E-state index in [4.69, 9.17) is 19.7 Å². The first-order chi connectivity index (χ1) is 13.0. The van der Waals surface area contributed by atoms with E-state index in [0.717, 1.165) is 11.1 Å². The predicted molar refractivity (Wildman–Crippen MR) is 100 cm³/mol. The molecule has 0 bridgehead atoms. The van der Waals surface area contributed by atoms with Crippen LogP contribution in [-0.4, -0.2) is 41.6 Å². The van der Waals surface area contributed by atoms with Gasteiger partial charge in [0.25, 0.3) is 0 Å². The van der Waals surface area contributed by atoms with Crippen LogP contribution in [0.5, 0.6) is 5.75 Å². The van der Waals surface area contributed by atoms with Gasteiger partial charge in [-0.25, -0.2) is 9.59 Å². The van der Waals surface area contributed by atoms with Crippen LogP contribution < -0.4 is 10.1 Å². The first kappa shape index (κ1) is 20.3. The average molecular weight is 373 g/mol. The maximum atomic E-state index is 11.1. The summed E-state index contributed by atoms with van der Waals surface area (Å²) in [5.41, 5.74) is 2.42. The summed E-state index contributed by atoms with van der Waals surface area (Å²) in [6.45, 7) is 2.59. The number of benzene rings is 2. The summed E-state index contributed by atoms with van der Waals surface area (Å²) in [5.74, 6) is -0.270. The molecule has 0 unspecified atom stereocenters. The molecule has 1 atom stereocenters. The lowest BCUT2D eigenvalue weighted by Crippen LogP contribution is -2.26. The molecule has 2 rings (SSSR count). The van der Waals surface area contributed by atoms with Gasteiger partial charge in [0, 0.05) is 25.1 Å². The minimum atomic E-state index is -1.09. The highest BCUT2D eigenvalue weighted by molar-refractivity contribution is 5.82. The lowest BCUT2D eigenvalue weighted by atomic mass is 10.1. The van der Waals surface area contributed by atoms with E-state index in [9.17, 15) is 9.59 Å². The molecule has 7 heteroatoms. The van der Waals surface area contributed by atoms with Crippen LogP contribution in [0.1, 0.15) is 18.1 Å².